The first kappa shape index (κ1) is 17.9. The third kappa shape index (κ3) is 3.81. The number of rotatable bonds is 4. The molecule has 3 aromatic rings. The van der Waals surface area contributed by atoms with Crippen LogP contribution in [0.2, 0.25) is 0 Å². The Kier molecular flexibility index (Phi) is 4.60. The summed E-state index contributed by atoms with van der Waals surface area (Å²) >= 11 is 0. The lowest BCUT2D eigenvalue weighted by Crippen LogP contribution is -1.98. The van der Waals surface area contributed by atoms with Crippen LogP contribution in [-0.4, -0.2) is 24.6 Å². The Morgan fingerprint density at radius 2 is 1.89 bits per heavy atom. The summed E-state index contributed by atoms with van der Waals surface area (Å²) in [5.74, 6) is 0.123. The van der Waals surface area contributed by atoms with Gasteiger partial charge in [0.05, 0.1) is 11.1 Å². The SMILES string of the molecule is CS(=O)(=O)c1ccc(C(=CC2CCCC2)c2cc3cc(F)cnc3[nH]2)cc1. The van der Waals surface area contributed by atoms with Crippen molar-refractivity contribution in [3.8, 4) is 0 Å². The highest BCUT2D eigenvalue weighted by Crippen LogP contribution is 2.33. The molecule has 27 heavy (non-hydrogen) atoms. The van der Waals surface area contributed by atoms with E-state index in [4.69, 9.17) is 0 Å². The number of H-pyrrole nitrogens is 1. The van der Waals surface area contributed by atoms with Crippen LogP contribution in [0.5, 0.6) is 0 Å². The highest BCUT2D eigenvalue weighted by atomic mass is 32.2. The lowest BCUT2D eigenvalue weighted by Gasteiger charge is -2.11. The van der Waals surface area contributed by atoms with E-state index in [1.807, 2.05) is 18.2 Å². The summed E-state index contributed by atoms with van der Waals surface area (Å²) in [5, 5.41) is 0.718. The van der Waals surface area contributed by atoms with Crippen LogP contribution in [0.15, 0.2) is 53.6 Å². The Labute approximate surface area is 158 Å². The molecule has 1 saturated carbocycles. The summed E-state index contributed by atoms with van der Waals surface area (Å²) in [5.41, 5.74) is 3.43. The summed E-state index contributed by atoms with van der Waals surface area (Å²) in [7, 11) is -3.24. The highest BCUT2D eigenvalue weighted by molar-refractivity contribution is 7.90. The number of aromatic nitrogens is 2. The second-order valence-electron chi connectivity index (χ2n) is 7.20. The van der Waals surface area contributed by atoms with Gasteiger partial charge in [0.25, 0.3) is 0 Å². The van der Waals surface area contributed by atoms with E-state index in [0.29, 0.717) is 16.5 Å². The number of benzene rings is 1. The van der Waals surface area contributed by atoms with Crippen molar-refractivity contribution in [2.75, 3.05) is 6.26 Å². The van der Waals surface area contributed by atoms with Crippen molar-refractivity contribution in [1.82, 2.24) is 9.97 Å². The molecule has 0 radical (unpaired) electrons. The van der Waals surface area contributed by atoms with E-state index in [1.54, 1.807) is 12.1 Å². The summed E-state index contributed by atoms with van der Waals surface area (Å²) in [6.45, 7) is 0. The normalized spacial score (nSPS) is 16.3. The third-order valence-corrected chi connectivity index (χ3v) is 6.25. The molecule has 1 aliphatic carbocycles. The molecule has 4 rings (SSSR count). The fourth-order valence-electron chi connectivity index (χ4n) is 3.72. The number of halogens is 1. The maximum Gasteiger partial charge on any atom is 0.175 e. The van der Waals surface area contributed by atoms with E-state index in [-0.39, 0.29) is 5.82 Å². The number of hydrogen-bond acceptors (Lipinski definition) is 3. The molecule has 1 N–H and O–H groups in total. The van der Waals surface area contributed by atoms with Crippen LogP contribution in [0.3, 0.4) is 0 Å². The molecule has 1 fully saturated rings. The van der Waals surface area contributed by atoms with Crippen LogP contribution in [0.4, 0.5) is 4.39 Å². The summed E-state index contributed by atoms with van der Waals surface area (Å²) in [6.07, 6.45) is 9.40. The van der Waals surface area contributed by atoms with Crippen molar-refractivity contribution in [2.45, 2.75) is 30.6 Å². The van der Waals surface area contributed by atoms with Gasteiger partial charge in [0, 0.05) is 22.9 Å². The zero-order chi connectivity index (χ0) is 19.0. The zero-order valence-electron chi connectivity index (χ0n) is 15.1. The molecule has 0 unspecified atom stereocenters. The fourth-order valence-corrected chi connectivity index (χ4v) is 4.35. The van der Waals surface area contributed by atoms with Gasteiger partial charge in [0.1, 0.15) is 11.5 Å². The number of sulfone groups is 1. The first-order valence-electron chi connectivity index (χ1n) is 9.07. The van der Waals surface area contributed by atoms with E-state index in [1.165, 1.54) is 31.4 Å². The molecule has 140 valence electrons. The van der Waals surface area contributed by atoms with Gasteiger partial charge in [-0.2, -0.15) is 0 Å². The topological polar surface area (TPSA) is 62.8 Å². The van der Waals surface area contributed by atoms with Gasteiger partial charge < -0.3 is 4.98 Å². The number of nitrogens with zero attached hydrogens (tertiary/aromatic N) is 1. The molecule has 1 aromatic carbocycles. The Morgan fingerprint density at radius 1 is 1.19 bits per heavy atom. The molecular weight excluding hydrogens is 363 g/mol. The predicted molar refractivity (Wildman–Crippen MR) is 105 cm³/mol. The molecule has 0 bridgehead atoms. The van der Waals surface area contributed by atoms with Crippen LogP contribution in [-0.2, 0) is 9.84 Å². The van der Waals surface area contributed by atoms with E-state index in [9.17, 15) is 12.8 Å². The van der Waals surface area contributed by atoms with Crippen LogP contribution in [0.1, 0.15) is 36.9 Å². The number of aromatic amines is 1. The molecule has 2 heterocycles. The first-order chi connectivity index (χ1) is 12.9. The lowest BCUT2D eigenvalue weighted by atomic mass is 9.96. The van der Waals surface area contributed by atoms with Gasteiger partial charge >= 0.3 is 0 Å². The second-order valence-corrected chi connectivity index (χ2v) is 9.21. The van der Waals surface area contributed by atoms with Crippen molar-refractivity contribution in [2.24, 2.45) is 5.92 Å². The largest absolute Gasteiger partial charge is 0.339 e. The van der Waals surface area contributed by atoms with E-state index in [0.717, 1.165) is 35.1 Å². The molecule has 0 atom stereocenters. The van der Waals surface area contributed by atoms with Crippen LogP contribution in [0, 0.1) is 11.7 Å². The number of nitrogens with one attached hydrogen (secondary N) is 1. The summed E-state index contributed by atoms with van der Waals surface area (Å²) in [4.78, 5) is 7.69. The number of pyridine rings is 1. The van der Waals surface area contributed by atoms with Gasteiger partial charge in [-0.15, -0.1) is 0 Å². The van der Waals surface area contributed by atoms with Gasteiger partial charge in [0.2, 0.25) is 0 Å². The standard InChI is InChI=1S/C21H21FN2O2S/c1-27(25,26)18-8-6-15(7-9-18)19(10-14-4-2-3-5-14)20-12-16-11-17(22)13-23-21(16)24-20/h6-14H,2-5H2,1H3,(H,23,24). The van der Waals surface area contributed by atoms with E-state index >= 15 is 0 Å². The lowest BCUT2D eigenvalue weighted by molar-refractivity contribution is 0.602. The van der Waals surface area contributed by atoms with Crippen LogP contribution >= 0.6 is 0 Å². The van der Waals surface area contributed by atoms with E-state index < -0.39 is 9.84 Å². The minimum atomic E-state index is -3.24. The average molecular weight is 384 g/mol. The molecule has 0 spiro atoms. The van der Waals surface area contributed by atoms with Crippen LogP contribution in [0.25, 0.3) is 16.6 Å². The number of fused-ring (bicyclic) bond motifs is 1. The minimum absolute atomic E-state index is 0.298. The van der Waals surface area contributed by atoms with Crippen molar-refractivity contribution in [1.29, 1.82) is 0 Å². The van der Waals surface area contributed by atoms with Gasteiger partial charge in [-0.3, -0.25) is 0 Å². The quantitative estimate of drug-likeness (QED) is 0.707. The van der Waals surface area contributed by atoms with Crippen LogP contribution < -0.4 is 0 Å². The maximum absolute atomic E-state index is 13.5. The molecule has 2 aromatic heterocycles. The predicted octanol–water partition coefficient (Wildman–Crippen LogP) is 4.73. The Balaban J connectivity index is 1.81. The second kappa shape index (κ2) is 6.93. The zero-order valence-corrected chi connectivity index (χ0v) is 15.9. The monoisotopic (exact) mass is 384 g/mol. The first-order valence-corrected chi connectivity index (χ1v) is 11.0. The Hall–Kier alpha value is -2.47. The molecule has 4 nitrogen and oxygen atoms in total. The van der Waals surface area contributed by atoms with Gasteiger partial charge in [-0.1, -0.05) is 31.1 Å². The van der Waals surface area contributed by atoms with E-state index in [2.05, 4.69) is 16.0 Å². The maximum atomic E-state index is 13.5. The molecular formula is C21H21FN2O2S. The Bertz CT molecular complexity index is 1110. The van der Waals surface area contributed by atoms with Gasteiger partial charge in [0.15, 0.2) is 9.84 Å². The number of allylic oxidation sites excluding steroid dienone is 1. The molecule has 6 heteroatoms. The van der Waals surface area contributed by atoms with Crippen molar-refractivity contribution >= 4 is 26.4 Å². The molecule has 0 saturated heterocycles. The van der Waals surface area contributed by atoms with Gasteiger partial charge in [-0.25, -0.2) is 17.8 Å². The summed E-state index contributed by atoms with van der Waals surface area (Å²) in [6, 6.07) is 10.3. The van der Waals surface area contributed by atoms with Gasteiger partial charge in [-0.05, 0) is 48.6 Å². The average Bonchev–Trinajstić information content (AvgIpc) is 3.28. The number of hydrogen-bond donors (Lipinski definition) is 1. The minimum Gasteiger partial charge on any atom is -0.339 e. The smallest absolute Gasteiger partial charge is 0.175 e. The highest BCUT2D eigenvalue weighted by Gasteiger charge is 2.17. The molecule has 1 aliphatic rings. The fraction of sp³-hybridized carbons (Fsp3) is 0.286. The molecule has 0 amide bonds. The summed E-state index contributed by atoms with van der Waals surface area (Å²) < 4.78 is 37.0. The van der Waals surface area contributed by atoms with Crippen molar-refractivity contribution in [3.05, 3.63) is 65.7 Å². The third-order valence-electron chi connectivity index (χ3n) is 5.12. The Morgan fingerprint density at radius 3 is 2.56 bits per heavy atom. The van der Waals surface area contributed by atoms with Crippen molar-refractivity contribution in [3.63, 3.8) is 0 Å². The molecule has 0 aliphatic heterocycles. The van der Waals surface area contributed by atoms with Crippen molar-refractivity contribution < 1.29 is 12.8 Å².